The largest absolute Gasteiger partial charge is 0.356 e. The van der Waals surface area contributed by atoms with Crippen LogP contribution in [0.3, 0.4) is 0 Å². The molecular weight excluding hydrogens is 378 g/mol. The molecule has 1 aromatic carbocycles. The minimum Gasteiger partial charge on any atom is -0.356 e. The number of hydrogen-bond donors (Lipinski definition) is 2. The predicted molar refractivity (Wildman–Crippen MR) is 112 cm³/mol. The SMILES string of the molecule is CN=C(NCc1ccc(C(=O)N(C)C)cc1)NCC1CCN(S(C)(=O)=O)CC1. The van der Waals surface area contributed by atoms with Gasteiger partial charge in [-0.3, -0.25) is 9.79 Å². The van der Waals surface area contributed by atoms with Gasteiger partial charge in [0, 0.05) is 52.9 Å². The van der Waals surface area contributed by atoms with E-state index in [0.29, 0.717) is 37.1 Å². The minimum absolute atomic E-state index is 0.0149. The Labute approximate surface area is 168 Å². The molecule has 0 radical (unpaired) electrons. The van der Waals surface area contributed by atoms with Crippen molar-refractivity contribution in [2.45, 2.75) is 19.4 Å². The summed E-state index contributed by atoms with van der Waals surface area (Å²) in [5.41, 5.74) is 1.72. The number of guanidine groups is 1. The van der Waals surface area contributed by atoms with Gasteiger partial charge in [-0.1, -0.05) is 12.1 Å². The molecule has 28 heavy (non-hydrogen) atoms. The van der Waals surface area contributed by atoms with Crippen LogP contribution in [0.4, 0.5) is 0 Å². The molecule has 1 aliphatic heterocycles. The van der Waals surface area contributed by atoms with E-state index in [9.17, 15) is 13.2 Å². The second kappa shape index (κ2) is 9.88. The molecule has 156 valence electrons. The van der Waals surface area contributed by atoms with E-state index in [0.717, 1.165) is 24.9 Å². The molecule has 1 aliphatic rings. The number of aliphatic imine (C=N–C) groups is 1. The number of benzene rings is 1. The average molecular weight is 410 g/mol. The Morgan fingerprint density at radius 2 is 1.79 bits per heavy atom. The summed E-state index contributed by atoms with van der Waals surface area (Å²) in [6, 6.07) is 7.51. The first-order valence-corrected chi connectivity index (χ1v) is 11.3. The zero-order valence-corrected chi connectivity index (χ0v) is 17.9. The molecule has 9 heteroatoms. The molecule has 2 rings (SSSR count). The maximum absolute atomic E-state index is 11.9. The number of rotatable bonds is 6. The third kappa shape index (κ3) is 6.49. The van der Waals surface area contributed by atoms with Gasteiger partial charge in [0.1, 0.15) is 0 Å². The van der Waals surface area contributed by atoms with Crippen LogP contribution in [0.5, 0.6) is 0 Å². The Bertz CT molecular complexity index is 782. The van der Waals surface area contributed by atoms with E-state index in [-0.39, 0.29) is 5.91 Å². The molecule has 0 aromatic heterocycles. The Balaban J connectivity index is 1.77. The summed E-state index contributed by atoms with van der Waals surface area (Å²) in [5, 5.41) is 6.58. The second-order valence-corrected chi connectivity index (χ2v) is 9.29. The Morgan fingerprint density at radius 1 is 1.18 bits per heavy atom. The van der Waals surface area contributed by atoms with Crippen molar-refractivity contribution < 1.29 is 13.2 Å². The van der Waals surface area contributed by atoms with Crippen LogP contribution < -0.4 is 10.6 Å². The number of sulfonamides is 1. The van der Waals surface area contributed by atoms with Crippen LogP contribution in [0.15, 0.2) is 29.3 Å². The first-order chi connectivity index (χ1) is 13.2. The standard InChI is InChI=1S/C19H31N5O3S/c1-20-19(22-14-16-9-11-24(12-10-16)28(4,26)27)21-13-15-5-7-17(8-6-15)18(25)23(2)3/h5-8,16H,9-14H2,1-4H3,(H2,20,21,22). The van der Waals surface area contributed by atoms with Gasteiger partial charge in [-0.05, 0) is 36.5 Å². The molecule has 0 bridgehead atoms. The number of carbonyl (C=O) groups excluding carboxylic acids is 1. The van der Waals surface area contributed by atoms with E-state index in [4.69, 9.17) is 0 Å². The molecule has 1 saturated heterocycles. The normalized spacial score (nSPS) is 16.6. The molecule has 0 unspecified atom stereocenters. The summed E-state index contributed by atoms with van der Waals surface area (Å²) < 4.78 is 24.7. The van der Waals surface area contributed by atoms with Crippen LogP contribution in [0.1, 0.15) is 28.8 Å². The minimum atomic E-state index is -3.08. The first-order valence-electron chi connectivity index (χ1n) is 9.41. The van der Waals surface area contributed by atoms with Crippen molar-refractivity contribution in [1.82, 2.24) is 19.8 Å². The topological polar surface area (TPSA) is 94.1 Å². The van der Waals surface area contributed by atoms with E-state index < -0.39 is 10.0 Å². The van der Waals surface area contributed by atoms with Gasteiger partial charge in [-0.15, -0.1) is 0 Å². The van der Waals surface area contributed by atoms with Crippen LogP contribution in [-0.4, -0.2) is 76.5 Å². The lowest BCUT2D eigenvalue weighted by molar-refractivity contribution is 0.0827. The monoisotopic (exact) mass is 409 g/mol. The molecule has 0 atom stereocenters. The summed E-state index contributed by atoms with van der Waals surface area (Å²) in [4.78, 5) is 17.7. The Morgan fingerprint density at radius 3 is 2.29 bits per heavy atom. The van der Waals surface area contributed by atoms with Crippen molar-refractivity contribution in [2.75, 3.05) is 47.0 Å². The second-order valence-electron chi connectivity index (χ2n) is 7.31. The Kier molecular flexibility index (Phi) is 7.82. The van der Waals surface area contributed by atoms with E-state index in [1.807, 2.05) is 24.3 Å². The lowest BCUT2D eigenvalue weighted by Crippen LogP contribution is -2.43. The van der Waals surface area contributed by atoms with Crippen LogP contribution in [0.25, 0.3) is 0 Å². The summed E-state index contributed by atoms with van der Waals surface area (Å²) >= 11 is 0. The average Bonchev–Trinajstić information content (AvgIpc) is 2.67. The fourth-order valence-corrected chi connectivity index (χ4v) is 3.99. The lowest BCUT2D eigenvalue weighted by Gasteiger charge is -2.30. The molecule has 1 aromatic rings. The summed E-state index contributed by atoms with van der Waals surface area (Å²) in [6.45, 7) is 2.51. The number of hydrogen-bond acceptors (Lipinski definition) is 4. The van der Waals surface area contributed by atoms with E-state index in [2.05, 4.69) is 15.6 Å². The third-order valence-electron chi connectivity index (χ3n) is 4.89. The van der Waals surface area contributed by atoms with Crippen molar-refractivity contribution in [3.8, 4) is 0 Å². The third-order valence-corrected chi connectivity index (χ3v) is 6.19. The number of amides is 1. The van der Waals surface area contributed by atoms with Gasteiger partial charge in [0.2, 0.25) is 10.0 Å². The molecule has 0 aliphatic carbocycles. The van der Waals surface area contributed by atoms with Crippen LogP contribution in [-0.2, 0) is 16.6 Å². The highest BCUT2D eigenvalue weighted by Crippen LogP contribution is 2.18. The number of carbonyl (C=O) groups is 1. The number of nitrogens with zero attached hydrogens (tertiary/aromatic N) is 3. The summed E-state index contributed by atoms with van der Waals surface area (Å²) in [5.74, 6) is 1.12. The molecule has 1 heterocycles. The summed E-state index contributed by atoms with van der Waals surface area (Å²) in [7, 11) is 2.11. The number of nitrogens with one attached hydrogen (secondary N) is 2. The van der Waals surface area contributed by atoms with Crippen LogP contribution in [0, 0.1) is 5.92 Å². The van der Waals surface area contributed by atoms with Gasteiger partial charge in [-0.2, -0.15) is 0 Å². The fourth-order valence-electron chi connectivity index (χ4n) is 3.12. The quantitative estimate of drug-likeness (QED) is 0.534. The van der Waals surface area contributed by atoms with Crippen molar-refractivity contribution in [3.05, 3.63) is 35.4 Å². The highest BCUT2D eigenvalue weighted by molar-refractivity contribution is 7.88. The van der Waals surface area contributed by atoms with Gasteiger partial charge in [0.05, 0.1) is 6.26 Å². The highest BCUT2D eigenvalue weighted by Gasteiger charge is 2.24. The van der Waals surface area contributed by atoms with Gasteiger partial charge >= 0.3 is 0 Å². The first kappa shape index (κ1) is 22.2. The fraction of sp³-hybridized carbons (Fsp3) is 0.579. The van der Waals surface area contributed by atoms with Gasteiger partial charge < -0.3 is 15.5 Å². The predicted octanol–water partition coefficient (Wildman–Crippen LogP) is 0.725. The molecule has 2 N–H and O–H groups in total. The number of piperidine rings is 1. The molecule has 1 amide bonds. The highest BCUT2D eigenvalue weighted by atomic mass is 32.2. The van der Waals surface area contributed by atoms with Gasteiger partial charge in [0.25, 0.3) is 5.91 Å². The van der Waals surface area contributed by atoms with Crippen LogP contribution in [0.2, 0.25) is 0 Å². The molecule has 0 saturated carbocycles. The Hall–Kier alpha value is -2.13. The van der Waals surface area contributed by atoms with E-state index in [1.54, 1.807) is 30.3 Å². The van der Waals surface area contributed by atoms with Crippen LogP contribution >= 0.6 is 0 Å². The molecule has 0 spiro atoms. The van der Waals surface area contributed by atoms with Crippen molar-refractivity contribution >= 4 is 21.9 Å². The molecule has 1 fully saturated rings. The zero-order valence-electron chi connectivity index (χ0n) is 17.1. The molecule has 8 nitrogen and oxygen atoms in total. The van der Waals surface area contributed by atoms with E-state index in [1.165, 1.54) is 6.26 Å². The van der Waals surface area contributed by atoms with Gasteiger partial charge in [-0.25, -0.2) is 12.7 Å². The van der Waals surface area contributed by atoms with Crippen molar-refractivity contribution in [2.24, 2.45) is 10.9 Å². The van der Waals surface area contributed by atoms with Gasteiger partial charge in [0.15, 0.2) is 5.96 Å². The zero-order chi connectivity index (χ0) is 20.7. The van der Waals surface area contributed by atoms with Crippen molar-refractivity contribution in [1.29, 1.82) is 0 Å². The molecular formula is C19H31N5O3S. The lowest BCUT2D eigenvalue weighted by atomic mass is 9.98. The van der Waals surface area contributed by atoms with E-state index >= 15 is 0 Å². The maximum atomic E-state index is 11.9. The summed E-state index contributed by atoms with van der Waals surface area (Å²) in [6.07, 6.45) is 2.96. The smallest absolute Gasteiger partial charge is 0.253 e. The van der Waals surface area contributed by atoms with Crippen molar-refractivity contribution in [3.63, 3.8) is 0 Å². The maximum Gasteiger partial charge on any atom is 0.253 e.